The third-order valence-electron chi connectivity index (χ3n) is 1.99. The molecule has 0 aliphatic rings. The summed E-state index contributed by atoms with van der Waals surface area (Å²) in [5.74, 6) is 0.534. The van der Waals surface area contributed by atoms with E-state index in [1.165, 1.54) is 0 Å². The molecule has 0 aliphatic heterocycles. The largest absolute Gasteiger partial charge is 0.382 e. The van der Waals surface area contributed by atoms with E-state index in [0.717, 1.165) is 0 Å². The standard InChI is InChI=1S/C9H17N3O3/c1-4-14-9(2,3)8-11-7(15-12-8)6(13)5-10/h6,13H,4-5,10H2,1-3H3. The molecular formula is C9H17N3O3. The summed E-state index contributed by atoms with van der Waals surface area (Å²) in [6.07, 6.45) is -0.913. The molecule has 1 heterocycles. The summed E-state index contributed by atoms with van der Waals surface area (Å²) in [6, 6.07) is 0. The molecule has 0 saturated heterocycles. The molecule has 6 nitrogen and oxygen atoms in total. The second kappa shape index (κ2) is 4.69. The highest BCUT2D eigenvalue weighted by atomic mass is 16.5. The van der Waals surface area contributed by atoms with Gasteiger partial charge in [-0.3, -0.25) is 0 Å². The average Bonchev–Trinajstić information content (AvgIpc) is 2.66. The van der Waals surface area contributed by atoms with Crippen LogP contribution in [0.5, 0.6) is 0 Å². The summed E-state index contributed by atoms with van der Waals surface area (Å²) >= 11 is 0. The molecule has 0 aromatic carbocycles. The highest BCUT2D eigenvalue weighted by Crippen LogP contribution is 2.22. The highest BCUT2D eigenvalue weighted by Gasteiger charge is 2.28. The second-order valence-corrected chi connectivity index (χ2v) is 3.65. The smallest absolute Gasteiger partial charge is 0.256 e. The normalized spacial score (nSPS) is 14.2. The first kappa shape index (κ1) is 12.1. The van der Waals surface area contributed by atoms with Gasteiger partial charge >= 0.3 is 0 Å². The molecule has 86 valence electrons. The fourth-order valence-electron chi connectivity index (χ4n) is 1.14. The van der Waals surface area contributed by atoms with E-state index >= 15 is 0 Å². The second-order valence-electron chi connectivity index (χ2n) is 3.65. The van der Waals surface area contributed by atoms with Crippen LogP contribution in [-0.2, 0) is 10.3 Å². The fraction of sp³-hybridized carbons (Fsp3) is 0.778. The first-order valence-corrected chi connectivity index (χ1v) is 4.87. The van der Waals surface area contributed by atoms with Crippen LogP contribution in [0.4, 0.5) is 0 Å². The molecular weight excluding hydrogens is 198 g/mol. The lowest BCUT2D eigenvalue weighted by Gasteiger charge is -2.19. The number of rotatable bonds is 5. The number of nitrogens with zero attached hydrogens (tertiary/aromatic N) is 2. The summed E-state index contributed by atoms with van der Waals surface area (Å²) in [7, 11) is 0. The summed E-state index contributed by atoms with van der Waals surface area (Å²) in [5, 5.41) is 13.1. The Morgan fingerprint density at radius 2 is 2.27 bits per heavy atom. The van der Waals surface area contributed by atoms with Gasteiger partial charge in [0.05, 0.1) is 0 Å². The molecule has 1 rings (SSSR count). The minimum atomic E-state index is -0.913. The number of nitrogens with two attached hydrogens (primary N) is 1. The van der Waals surface area contributed by atoms with Crippen molar-refractivity contribution in [2.24, 2.45) is 5.73 Å². The van der Waals surface area contributed by atoms with Crippen LogP contribution < -0.4 is 5.73 Å². The van der Waals surface area contributed by atoms with Crippen LogP contribution in [-0.4, -0.2) is 28.4 Å². The van der Waals surface area contributed by atoms with Gasteiger partial charge in [0.15, 0.2) is 0 Å². The minimum absolute atomic E-state index is 0.0523. The summed E-state index contributed by atoms with van der Waals surface area (Å²) in [5.41, 5.74) is 4.65. The SMILES string of the molecule is CCOC(C)(C)c1noc(C(O)CN)n1. The molecule has 0 radical (unpaired) electrons. The average molecular weight is 215 g/mol. The Hall–Kier alpha value is -0.980. The topological polar surface area (TPSA) is 94.4 Å². The van der Waals surface area contributed by atoms with Gasteiger partial charge in [-0.15, -0.1) is 0 Å². The van der Waals surface area contributed by atoms with Crippen molar-refractivity contribution < 1.29 is 14.4 Å². The van der Waals surface area contributed by atoms with Gasteiger partial charge in [0, 0.05) is 13.2 Å². The number of hydrogen-bond donors (Lipinski definition) is 2. The summed E-state index contributed by atoms with van der Waals surface area (Å²) in [4.78, 5) is 4.04. The van der Waals surface area contributed by atoms with E-state index in [1.807, 2.05) is 20.8 Å². The molecule has 3 N–H and O–H groups in total. The van der Waals surface area contributed by atoms with Crippen molar-refractivity contribution in [3.63, 3.8) is 0 Å². The van der Waals surface area contributed by atoms with Gasteiger partial charge in [-0.25, -0.2) is 0 Å². The van der Waals surface area contributed by atoms with Gasteiger partial charge in [-0.2, -0.15) is 4.98 Å². The van der Waals surface area contributed by atoms with Gasteiger partial charge in [-0.1, -0.05) is 5.16 Å². The van der Waals surface area contributed by atoms with Crippen LogP contribution in [0.3, 0.4) is 0 Å². The molecule has 0 fully saturated rings. The Morgan fingerprint density at radius 1 is 1.60 bits per heavy atom. The van der Waals surface area contributed by atoms with E-state index in [0.29, 0.717) is 12.4 Å². The van der Waals surface area contributed by atoms with Crippen molar-refractivity contribution in [1.29, 1.82) is 0 Å². The number of ether oxygens (including phenoxy) is 1. The van der Waals surface area contributed by atoms with Crippen molar-refractivity contribution in [3.8, 4) is 0 Å². The van der Waals surface area contributed by atoms with Crippen LogP contribution in [0.15, 0.2) is 4.52 Å². The predicted octanol–water partition coefficient (Wildman–Crippen LogP) is 0.333. The number of aliphatic hydroxyl groups excluding tert-OH is 1. The van der Waals surface area contributed by atoms with Crippen molar-refractivity contribution in [2.45, 2.75) is 32.5 Å². The molecule has 0 aliphatic carbocycles. The van der Waals surface area contributed by atoms with Crippen LogP contribution in [0.2, 0.25) is 0 Å². The van der Waals surface area contributed by atoms with E-state index < -0.39 is 11.7 Å². The molecule has 0 spiro atoms. The molecule has 0 bridgehead atoms. The van der Waals surface area contributed by atoms with Gasteiger partial charge in [-0.05, 0) is 20.8 Å². The van der Waals surface area contributed by atoms with Crippen molar-refractivity contribution >= 4 is 0 Å². The lowest BCUT2D eigenvalue weighted by atomic mass is 10.1. The van der Waals surface area contributed by atoms with Crippen molar-refractivity contribution in [3.05, 3.63) is 11.7 Å². The van der Waals surface area contributed by atoms with Crippen LogP contribution in [0.1, 0.15) is 38.6 Å². The number of hydrogen-bond acceptors (Lipinski definition) is 6. The predicted molar refractivity (Wildman–Crippen MR) is 53.0 cm³/mol. The first-order chi connectivity index (χ1) is 7.01. The monoisotopic (exact) mass is 215 g/mol. The van der Waals surface area contributed by atoms with E-state index in [-0.39, 0.29) is 12.4 Å². The van der Waals surface area contributed by atoms with E-state index in [4.69, 9.17) is 15.0 Å². The third-order valence-corrected chi connectivity index (χ3v) is 1.99. The fourth-order valence-corrected chi connectivity index (χ4v) is 1.14. The number of aromatic nitrogens is 2. The van der Waals surface area contributed by atoms with E-state index in [9.17, 15) is 5.11 Å². The molecule has 15 heavy (non-hydrogen) atoms. The zero-order valence-corrected chi connectivity index (χ0v) is 9.23. The van der Waals surface area contributed by atoms with E-state index in [2.05, 4.69) is 10.1 Å². The first-order valence-electron chi connectivity index (χ1n) is 4.87. The maximum atomic E-state index is 9.38. The van der Waals surface area contributed by atoms with E-state index in [1.54, 1.807) is 0 Å². The lowest BCUT2D eigenvalue weighted by molar-refractivity contribution is -0.0221. The maximum absolute atomic E-state index is 9.38. The quantitative estimate of drug-likeness (QED) is 0.735. The maximum Gasteiger partial charge on any atom is 0.256 e. The molecule has 1 aromatic heterocycles. The lowest BCUT2D eigenvalue weighted by Crippen LogP contribution is -2.23. The van der Waals surface area contributed by atoms with Crippen LogP contribution in [0.25, 0.3) is 0 Å². The summed E-state index contributed by atoms with van der Waals surface area (Å²) in [6.45, 7) is 6.16. The molecule has 1 unspecified atom stereocenters. The Kier molecular flexibility index (Phi) is 3.78. The molecule has 6 heteroatoms. The Bertz CT molecular complexity index is 311. The van der Waals surface area contributed by atoms with Crippen molar-refractivity contribution in [2.75, 3.05) is 13.2 Å². The zero-order chi connectivity index (χ0) is 11.5. The van der Waals surface area contributed by atoms with Crippen LogP contribution in [0, 0.1) is 0 Å². The highest BCUT2D eigenvalue weighted by molar-refractivity contribution is 4.98. The van der Waals surface area contributed by atoms with Gasteiger partial charge in [0.25, 0.3) is 5.89 Å². The Labute approximate surface area is 88.4 Å². The molecule has 0 amide bonds. The Balaban J connectivity index is 2.83. The van der Waals surface area contributed by atoms with Crippen molar-refractivity contribution in [1.82, 2.24) is 10.1 Å². The third kappa shape index (κ3) is 2.74. The molecule has 1 atom stereocenters. The van der Waals surface area contributed by atoms with Gasteiger partial charge < -0.3 is 20.1 Å². The van der Waals surface area contributed by atoms with Crippen LogP contribution >= 0.6 is 0 Å². The minimum Gasteiger partial charge on any atom is -0.382 e. The summed E-state index contributed by atoms with van der Waals surface area (Å²) < 4.78 is 10.3. The Morgan fingerprint density at radius 3 is 2.80 bits per heavy atom. The zero-order valence-electron chi connectivity index (χ0n) is 9.23. The molecule has 1 aromatic rings. The molecule has 0 saturated carbocycles. The van der Waals surface area contributed by atoms with Gasteiger partial charge in [0.1, 0.15) is 11.7 Å². The van der Waals surface area contributed by atoms with Gasteiger partial charge in [0.2, 0.25) is 5.82 Å². The number of aliphatic hydroxyl groups is 1.